The first-order valence-electron chi connectivity index (χ1n) is 13.3. The molecule has 0 aliphatic rings. The molecule has 0 saturated carbocycles. The summed E-state index contributed by atoms with van der Waals surface area (Å²) >= 11 is 0. The number of anilines is 1. The number of aliphatic hydroxyl groups is 1. The van der Waals surface area contributed by atoms with Crippen molar-refractivity contribution in [2.45, 2.75) is 71.2 Å². The molecule has 2 unspecified atom stereocenters. The van der Waals surface area contributed by atoms with Crippen molar-refractivity contribution in [2.75, 3.05) is 11.9 Å². The van der Waals surface area contributed by atoms with Gasteiger partial charge in [-0.3, -0.25) is 9.59 Å². The molecular formula is C31H39N3O6. The third-order valence-electron chi connectivity index (χ3n) is 6.66. The minimum Gasteiger partial charge on any atom is -0.508 e. The molecule has 0 spiro atoms. The number of carbonyl (C=O) groups is 3. The zero-order valence-electron chi connectivity index (χ0n) is 23.9. The number of hydrogen-bond acceptors (Lipinski definition) is 6. The van der Waals surface area contributed by atoms with Crippen LogP contribution < -0.4 is 10.6 Å². The van der Waals surface area contributed by atoms with Gasteiger partial charge in [0.05, 0.1) is 6.61 Å². The molecule has 0 heterocycles. The van der Waals surface area contributed by atoms with Gasteiger partial charge in [-0.15, -0.1) is 0 Å². The minimum absolute atomic E-state index is 0.00453. The number of hydrogen-bond donors (Lipinski definition) is 4. The van der Waals surface area contributed by atoms with Crippen LogP contribution in [0.3, 0.4) is 0 Å². The van der Waals surface area contributed by atoms with E-state index >= 15 is 0 Å². The molecule has 9 heteroatoms. The number of fused-ring (bicyclic) bond motifs is 1. The summed E-state index contributed by atoms with van der Waals surface area (Å²) in [6, 6.07) is 16.8. The lowest BCUT2D eigenvalue weighted by atomic mass is 9.92. The molecule has 9 nitrogen and oxygen atoms in total. The Bertz CT molecular complexity index is 1350. The highest BCUT2D eigenvalue weighted by molar-refractivity contribution is 6.00. The number of alkyl carbamates (subject to hydrolysis) is 1. The SMILES string of the molecule is CCC(C)(C)N(C(=O)C(CO)NC(=O)OC(C)(C)C)C(C(=O)Nc1ccc2ccccc2c1)c1ccc(O)cc1. The number of nitrogens with one attached hydrogen (secondary N) is 2. The van der Waals surface area contributed by atoms with E-state index in [1.54, 1.807) is 39.0 Å². The van der Waals surface area contributed by atoms with Gasteiger partial charge in [-0.05, 0) is 81.6 Å². The van der Waals surface area contributed by atoms with E-state index < -0.39 is 47.7 Å². The average Bonchev–Trinajstić information content (AvgIpc) is 2.89. The summed E-state index contributed by atoms with van der Waals surface area (Å²) in [7, 11) is 0. The van der Waals surface area contributed by atoms with Crippen LogP contribution in [0.5, 0.6) is 5.75 Å². The lowest BCUT2D eigenvalue weighted by Crippen LogP contribution is -2.59. The Morgan fingerprint density at radius 1 is 0.925 bits per heavy atom. The van der Waals surface area contributed by atoms with Crippen molar-refractivity contribution in [1.82, 2.24) is 10.2 Å². The van der Waals surface area contributed by atoms with E-state index in [0.717, 1.165) is 10.8 Å². The van der Waals surface area contributed by atoms with Crippen LogP contribution in [0, 0.1) is 0 Å². The van der Waals surface area contributed by atoms with Crippen molar-refractivity contribution in [3.63, 3.8) is 0 Å². The fraction of sp³-hybridized carbons (Fsp3) is 0.387. The number of aliphatic hydroxyl groups excluding tert-OH is 1. The second kappa shape index (κ2) is 12.4. The lowest BCUT2D eigenvalue weighted by Gasteiger charge is -2.44. The molecule has 0 fully saturated rings. The molecule has 0 bridgehead atoms. The van der Waals surface area contributed by atoms with Gasteiger partial charge in [-0.25, -0.2) is 4.79 Å². The van der Waals surface area contributed by atoms with Gasteiger partial charge in [0.15, 0.2) is 0 Å². The second-order valence-corrected chi connectivity index (χ2v) is 11.3. The third kappa shape index (κ3) is 7.51. The molecule has 214 valence electrons. The standard InChI is InChI=1S/C31H39N3O6/c1-7-31(5,6)34(28(38)25(19-35)33-29(39)40-30(2,3)4)26(21-13-16-24(36)17-14-21)27(37)32-23-15-12-20-10-8-9-11-22(20)18-23/h8-18,25-26,35-36H,7,19H2,1-6H3,(H,32,37)(H,33,39). The van der Waals surface area contributed by atoms with Crippen LogP contribution in [0.4, 0.5) is 10.5 Å². The third-order valence-corrected chi connectivity index (χ3v) is 6.66. The zero-order valence-corrected chi connectivity index (χ0v) is 23.9. The van der Waals surface area contributed by atoms with Crippen LogP contribution in [-0.2, 0) is 14.3 Å². The van der Waals surface area contributed by atoms with Crippen LogP contribution in [0.1, 0.15) is 59.6 Å². The van der Waals surface area contributed by atoms with Crippen LogP contribution in [0.15, 0.2) is 66.7 Å². The Kier molecular flexibility index (Phi) is 9.42. The number of carbonyl (C=O) groups excluding carboxylic acids is 3. The van der Waals surface area contributed by atoms with E-state index in [1.807, 2.05) is 57.2 Å². The van der Waals surface area contributed by atoms with Gasteiger partial charge in [0.25, 0.3) is 5.91 Å². The maximum Gasteiger partial charge on any atom is 0.408 e. The quantitative estimate of drug-likeness (QED) is 0.293. The maximum atomic E-state index is 14.1. The maximum absolute atomic E-state index is 14.1. The number of ether oxygens (including phenoxy) is 1. The second-order valence-electron chi connectivity index (χ2n) is 11.3. The fourth-order valence-electron chi connectivity index (χ4n) is 4.30. The minimum atomic E-state index is -1.37. The van der Waals surface area contributed by atoms with E-state index in [4.69, 9.17) is 4.74 Å². The summed E-state index contributed by atoms with van der Waals surface area (Å²) in [5, 5.41) is 27.4. The summed E-state index contributed by atoms with van der Waals surface area (Å²) in [6.07, 6.45) is -0.405. The number of rotatable bonds is 9. The number of phenolic OH excluding ortho intramolecular Hbond substituents is 1. The van der Waals surface area contributed by atoms with E-state index in [-0.39, 0.29) is 5.75 Å². The highest BCUT2D eigenvalue weighted by Gasteiger charge is 2.43. The van der Waals surface area contributed by atoms with E-state index in [0.29, 0.717) is 17.7 Å². The number of nitrogens with zero attached hydrogens (tertiary/aromatic N) is 1. The summed E-state index contributed by atoms with van der Waals surface area (Å²) in [4.78, 5) is 42.0. The van der Waals surface area contributed by atoms with Gasteiger partial charge in [0.2, 0.25) is 5.91 Å². The van der Waals surface area contributed by atoms with Crippen molar-refractivity contribution in [3.05, 3.63) is 72.3 Å². The molecular weight excluding hydrogens is 510 g/mol. The predicted octanol–water partition coefficient (Wildman–Crippen LogP) is 5.13. The predicted molar refractivity (Wildman–Crippen MR) is 155 cm³/mol. The number of aromatic hydroxyl groups is 1. The smallest absolute Gasteiger partial charge is 0.408 e. The van der Waals surface area contributed by atoms with Crippen molar-refractivity contribution in [3.8, 4) is 5.75 Å². The first kappa shape index (κ1) is 30.4. The fourth-order valence-corrected chi connectivity index (χ4v) is 4.30. The number of amides is 3. The molecule has 0 radical (unpaired) electrons. The molecule has 40 heavy (non-hydrogen) atoms. The molecule has 3 rings (SSSR count). The molecule has 2 atom stereocenters. The van der Waals surface area contributed by atoms with Gasteiger partial charge >= 0.3 is 6.09 Å². The van der Waals surface area contributed by atoms with Crippen molar-refractivity contribution in [1.29, 1.82) is 0 Å². The highest BCUT2D eigenvalue weighted by atomic mass is 16.6. The highest BCUT2D eigenvalue weighted by Crippen LogP contribution is 2.34. The van der Waals surface area contributed by atoms with Gasteiger partial charge in [0.1, 0.15) is 23.4 Å². The number of phenols is 1. The average molecular weight is 550 g/mol. The zero-order chi connectivity index (χ0) is 29.7. The molecule has 3 amide bonds. The lowest BCUT2D eigenvalue weighted by molar-refractivity contribution is -0.148. The van der Waals surface area contributed by atoms with Crippen molar-refractivity contribution >= 4 is 34.4 Å². The number of benzene rings is 3. The monoisotopic (exact) mass is 549 g/mol. The van der Waals surface area contributed by atoms with E-state index in [2.05, 4.69) is 10.6 Å². The van der Waals surface area contributed by atoms with Gasteiger partial charge in [-0.1, -0.05) is 49.4 Å². The molecule has 3 aromatic rings. The summed E-state index contributed by atoms with van der Waals surface area (Å²) in [5.74, 6) is -1.15. The van der Waals surface area contributed by atoms with Crippen LogP contribution in [-0.4, -0.2) is 56.8 Å². The Balaban J connectivity index is 2.05. The van der Waals surface area contributed by atoms with Crippen molar-refractivity contribution < 1.29 is 29.3 Å². The normalized spacial score (nSPS) is 13.3. The molecule has 4 N–H and O–H groups in total. The molecule has 0 aliphatic heterocycles. The molecule has 3 aromatic carbocycles. The first-order valence-corrected chi connectivity index (χ1v) is 13.3. The van der Waals surface area contributed by atoms with Gasteiger partial charge < -0.3 is 30.5 Å². The Labute approximate surface area is 235 Å². The summed E-state index contributed by atoms with van der Waals surface area (Å²) < 4.78 is 5.29. The van der Waals surface area contributed by atoms with E-state index in [9.17, 15) is 24.6 Å². The molecule has 0 aromatic heterocycles. The van der Waals surface area contributed by atoms with Crippen LogP contribution in [0.2, 0.25) is 0 Å². The molecule has 0 saturated heterocycles. The Morgan fingerprint density at radius 2 is 1.55 bits per heavy atom. The van der Waals surface area contributed by atoms with Crippen molar-refractivity contribution in [2.24, 2.45) is 0 Å². The Morgan fingerprint density at radius 3 is 2.12 bits per heavy atom. The van der Waals surface area contributed by atoms with Crippen LogP contribution >= 0.6 is 0 Å². The molecule has 0 aliphatic carbocycles. The van der Waals surface area contributed by atoms with Gasteiger partial charge in [-0.2, -0.15) is 0 Å². The summed E-state index contributed by atoms with van der Waals surface area (Å²) in [5.41, 5.74) is -0.715. The Hall–Kier alpha value is -4.11. The van der Waals surface area contributed by atoms with Gasteiger partial charge in [0, 0.05) is 11.2 Å². The topological polar surface area (TPSA) is 128 Å². The van der Waals surface area contributed by atoms with Crippen LogP contribution in [0.25, 0.3) is 10.8 Å². The summed E-state index contributed by atoms with van der Waals surface area (Å²) in [6.45, 7) is 9.85. The van der Waals surface area contributed by atoms with E-state index in [1.165, 1.54) is 17.0 Å². The largest absolute Gasteiger partial charge is 0.508 e. The first-order chi connectivity index (χ1) is 18.8.